The van der Waals surface area contributed by atoms with Gasteiger partial charge in [-0.25, -0.2) is 9.59 Å². The van der Waals surface area contributed by atoms with Gasteiger partial charge in [0, 0.05) is 30.4 Å². The van der Waals surface area contributed by atoms with Crippen LogP contribution in [0.15, 0.2) is 36.0 Å². The first kappa shape index (κ1) is 23.5. The Hall–Kier alpha value is -2.74. The lowest BCUT2D eigenvalue weighted by Gasteiger charge is -2.36. The minimum Gasteiger partial charge on any atom is -0.458 e. The number of fused-ring (bicyclic) bond motifs is 1. The number of esters is 3. The van der Waals surface area contributed by atoms with E-state index >= 15 is 0 Å². The van der Waals surface area contributed by atoms with E-state index in [1.807, 2.05) is 0 Å². The fourth-order valence-electron chi connectivity index (χ4n) is 3.64. The van der Waals surface area contributed by atoms with Gasteiger partial charge in [-0.05, 0) is 26.8 Å². The van der Waals surface area contributed by atoms with Crippen LogP contribution in [-0.2, 0) is 33.4 Å². The average Bonchev–Trinajstić information content (AvgIpc) is 2.97. The number of carbonyl (C=O) groups is 4. The second kappa shape index (κ2) is 8.95. The number of ketones is 1. The van der Waals surface area contributed by atoms with Crippen molar-refractivity contribution >= 4 is 23.7 Å². The third-order valence-electron chi connectivity index (χ3n) is 5.58. The summed E-state index contributed by atoms with van der Waals surface area (Å²) in [6, 6.07) is 0. The van der Waals surface area contributed by atoms with Crippen molar-refractivity contribution in [3.05, 3.63) is 36.0 Å². The first-order valence-corrected chi connectivity index (χ1v) is 9.75. The highest BCUT2D eigenvalue weighted by Gasteiger charge is 2.52. The lowest BCUT2D eigenvalue weighted by Crippen LogP contribution is -2.49. The molecule has 0 aromatic carbocycles. The predicted octanol–water partition coefficient (Wildman–Crippen LogP) is 1.81. The van der Waals surface area contributed by atoms with Gasteiger partial charge in [-0.1, -0.05) is 25.7 Å². The lowest BCUT2D eigenvalue weighted by atomic mass is 9.78. The van der Waals surface area contributed by atoms with Crippen molar-refractivity contribution in [1.29, 1.82) is 0 Å². The van der Waals surface area contributed by atoms with Gasteiger partial charge in [0.15, 0.2) is 11.4 Å². The fraction of sp³-hybridized carbons (Fsp3) is 0.545. The van der Waals surface area contributed by atoms with Crippen molar-refractivity contribution in [2.24, 2.45) is 11.8 Å². The molecule has 6 atom stereocenters. The molecule has 164 valence electrons. The van der Waals surface area contributed by atoms with E-state index in [-0.39, 0.29) is 12.0 Å². The van der Waals surface area contributed by atoms with E-state index in [9.17, 15) is 24.3 Å². The summed E-state index contributed by atoms with van der Waals surface area (Å²) < 4.78 is 16.3. The van der Waals surface area contributed by atoms with Gasteiger partial charge in [-0.15, -0.1) is 0 Å². The van der Waals surface area contributed by atoms with Crippen molar-refractivity contribution < 1.29 is 38.5 Å². The summed E-state index contributed by atoms with van der Waals surface area (Å²) in [7, 11) is 0. The van der Waals surface area contributed by atoms with Gasteiger partial charge in [0.2, 0.25) is 0 Å². The molecule has 8 nitrogen and oxygen atoms in total. The number of aliphatic hydroxyl groups is 1. The van der Waals surface area contributed by atoms with Crippen LogP contribution in [0.25, 0.3) is 0 Å². The van der Waals surface area contributed by atoms with Gasteiger partial charge < -0.3 is 19.3 Å². The van der Waals surface area contributed by atoms with E-state index in [1.54, 1.807) is 26.8 Å². The maximum absolute atomic E-state index is 12.9. The average molecular weight is 420 g/mol. The van der Waals surface area contributed by atoms with E-state index in [0.29, 0.717) is 5.57 Å². The Morgan fingerprint density at radius 1 is 1.33 bits per heavy atom. The number of allylic oxidation sites excluding steroid dienone is 1. The van der Waals surface area contributed by atoms with Crippen molar-refractivity contribution in [3.63, 3.8) is 0 Å². The summed E-state index contributed by atoms with van der Waals surface area (Å²) in [6.45, 7) is 11.2. The molecule has 8 heteroatoms. The molecule has 6 unspecified atom stereocenters. The number of hydrogen-bond acceptors (Lipinski definition) is 8. The van der Waals surface area contributed by atoms with Crippen LogP contribution in [0.1, 0.15) is 41.0 Å². The van der Waals surface area contributed by atoms with E-state index < -0.39 is 59.4 Å². The molecule has 0 aromatic rings. The minimum atomic E-state index is -1.66. The van der Waals surface area contributed by atoms with Crippen LogP contribution >= 0.6 is 0 Å². The predicted molar refractivity (Wildman–Crippen MR) is 106 cm³/mol. The number of aliphatic hydroxyl groups excluding tert-OH is 1. The van der Waals surface area contributed by atoms with Crippen LogP contribution < -0.4 is 0 Å². The zero-order valence-electron chi connectivity index (χ0n) is 17.8. The molecule has 0 aromatic heterocycles. The molecular formula is C22H28O8. The molecule has 0 radical (unpaired) electrons. The third-order valence-corrected chi connectivity index (χ3v) is 5.58. The number of ether oxygens (including phenoxy) is 3. The summed E-state index contributed by atoms with van der Waals surface area (Å²) in [5.74, 6) is -4.10. The molecule has 0 saturated carbocycles. The van der Waals surface area contributed by atoms with Crippen LogP contribution in [0.2, 0.25) is 0 Å². The van der Waals surface area contributed by atoms with Crippen LogP contribution in [-0.4, -0.2) is 52.7 Å². The van der Waals surface area contributed by atoms with Gasteiger partial charge in [-0.2, -0.15) is 0 Å². The van der Waals surface area contributed by atoms with Crippen molar-refractivity contribution in [1.82, 2.24) is 0 Å². The van der Waals surface area contributed by atoms with E-state index in [2.05, 4.69) is 6.58 Å². The Balaban J connectivity index is 2.60. The molecule has 0 bridgehead atoms. The van der Waals surface area contributed by atoms with Gasteiger partial charge in [-0.3, -0.25) is 9.59 Å². The molecule has 2 aliphatic rings. The second-order valence-corrected chi connectivity index (χ2v) is 7.94. The highest BCUT2D eigenvalue weighted by atomic mass is 16.6. The Morgan fingerprint density at radius 2 is 1.97 bits per heavy atom. The maximum atomic E-state index is 12.9. The smallest absolute Gasteiger partial charge is 0.334 e. The topological polar surface area (TPSA) is 116 Å². The molecule has 1 aliphatic heterocycles. The number of rotatable bonds is 3. The first-order valence-electron chi connectivity index (χ1n) is 9.75. The van der Waals surface area contributed by atoms with Crippen LogP contribution in [0.3, 0.4) is 0 Å². The molecule has 1 heterocycles. The van der Waals surface area contributed by atoms with Crippen molar-refractivity contribution in [2.45, 2.75) is 65.0 Å². The van der Waals surface area contributed by atoms with Gasteiger partial charge in [0.05, 0.1) is 12.0 Å². The maximum Gasteiger partial charge on any atom is 0.334 e. The Bertz CT molecular complexity index is 823. The van der Waals surface area contributed by atoms with E-state index in [0.717, 1.165) is 0 Å². The second-order valence-electron chi connectivity index (χ2n) is 7.94. The lowest BCUT2D eigenvalue weighted by molar-refractivity contribution is -0.171. The van der Waals surface area contributed by atoms with E-state index in [4.69, 9.17) is 14.2 Å². The standard InChI is InChI=1S/C22H28O8/c1-7-11(2)20(26)28-15-10-22(6,30-14(5)23)16(24)9-8-12(3)18(25)19-17(15)13(4)21(27)29-19/h7-9,12,15,17-19,25H,4,10H2,1-3,5-6H3. The Kier molecular flexibility index (Phi) is 7.02. The van der Waals surface area contributed by atoms with Gasteiger partial charge in [0.1, 0.15) is 12.2 Å². The molecule has 0 spiro atoms. The van der Waals surface area contributed by atoms with Crippen LogP contribution in [0.4, 0.5) is 0 Å². The van der Waals surface area contributed by atoms with Crippen LogP contribution in [0, 0.1) is 11.8 Å². The van der Waals surface area contributed by atoms with Crippen molar-refractivity contribution in [3.8, 4) is 0 Å². The molecule has 2 rings (SSSR count). The SMILES string of the molecule is C=C1C(=O)OC2C(O)C(C)C=CC(=O)C(C)(OC(C)=O)CC(OC(=O)C(C)=CC)C12. The van der Waals surface area contributed by atoms with Crippen LogP contribution in [0.5, 0.6) is 0 Å². The summed E-state index contributed by atoms with van der Waals surface area (Å²) in [5.41, 5.74) is -1.33. The zero-order chi connectivity index (χ0) is 22.8. The number of hydrogen-bond donors (Lipinski definition) is 1. The Labute approximate surface area is 175 Å². The summed E-state index contributed by atoms with van der Waals surface area (Å²) in [6.07, 6.45) is 0.693. The van der Waals surface area contributed by atoms with Gasteiger partial charge in [0.25, 0.3) is 0 Å². The molecule has 1 fully saturated rings. The first-order chi connectivity index (χ1) is 13.9. The molecule has 0 amide bonds. The molecule has 1 aliphatic carbocycles. The van der Waals surface area contributed by atoms with Gasteiger partial charge >= 0.3 is 17.9 Å². The highest BCUT2D eigenvalue weighted by molar-refractivity contribution is 5.98. The number of carbonyl (C=O) groups excluding carboxylic acids is 4. The molecule has 1 saturated heterocycles. The largest absolute Gasteiger partial charge is 0.458 e. The normalized spacial score (nSPS) is 34.8. The summed E-state index contributed by atoms with van der Waals surface area (Å²) >= 11 is 0. The van der Waals surface area contributed by atoms with E-state index in [1.165, 1.54) is 26.0 Å². The summed E-state index contributed by atoms with van der Waals surface area (Å²) in [5, 5.41) is 10.8. The monoisotopic (exact) mass is 420 g/mol. The zero-order valence-corrected chi connectivity index (χ0v) is 17.8. The minimum absolute atomic E-state index is 0.0179. The molecule has 1 N–H and O–H groups in total. The van der Waals surface area contributed by atoms with Crippen molar-refractivity contribution in [2.75, 3.05) is 0 Å². The Morgan fingerprint density at radius 3 is 2.53 bits per heavy atom. The summed E-state index contributed by atoms with van der Waals surface area (Å²) in [4.78, 5) is 49.4. The quantitative estimate of drug-likeness (QED) is 0.417. The highest BCUT2D eigenvalue weighted by Crippen LogP contribution is 2.39. The molecular weight excluding hydrogens is 392 g/mol. The fourth-order valence-corrected chi connectivity index (χ4v) is 3.64. The molecule has 30 heavy (non-hydrogen) atoms. The third kappa shape index (κ3) is 4.70.